The second kappa shape index (κ2) is 11.0. The maximum Gasteiger partial charge on any atom is 0.355 e. The number of esters is 1. The number of carbonyl (C=O) groups is 1. The summed E-state index contributed by atoms with van der Waals surface area (Å²) in [6.07, 6.45) is 1.71. The molecule has 0 bridgehead atoms. The van der Waals surface area contributed by atoms with Gasteiger partial charge in [-0.15, -0.1) is 0 Å². The Labute approximate surface area is 192 Å². The maximum absolute atomic E-state index is 12.9. The molecule has 0 saturated carbocycles. The molecule has 1 aromatic heterocycles. The molecule has 0 spiro atoms. The molecule has 3 aromatic rings. The fraction of sp³-hybridized carbons (Fsp3) is 0.200. The summed E-state index contributed by atoms with van der Waals surface area (Å²) in [5, 5.41) is 0. The van der Waals surface area contributed by atoms with Crippen LogP contribution in [0.15, 0.2) is 76.0 Å². The molecular formula is C25H26N4O4. The van der Waals surface area contributed by atoms with E-state index in [4.69, 9.17) is 14.6 Å². The summed E-state index contributed by atoms with van der Waals surface area (Å²) in [6.45, 7) is 5.44. The first-order valence-electron chi connectivity index (χ1n) is 10.4. The van der Waals surface area contributed by atoms with Crippen molar-refractivity contribution < 1.29 is 14.4 Å². The number of carbonyl (C=O) groups excluding carboxylic acids is 1. The van der Waals surface area contributed by atoms with Gasteiger partial charge in [0.25, 0.3) is 0 Å². The molecule has 0 atom stereocenters. The van der Waals surface area contributed by atoms with Crippen LogP contribution in [0.4, 0.5) is 11.6 Å². The van der Waals surface area contributed by atoms with Crippen molar-refractivity contribution in [2.75, 3.05) is 19.2 Å². The average molecular weight is 447 g/mol. The van der Waals surface area contributed by atoms with Crippen molar-refractivity contribution in [1.82, 2.24) is 9.55 Å². The second-order valence-electron chi connectivity index (χ2n) is 7.06. The van der Waals surface area contributed by atoms with Gasteiger partial charge in [0.15, 0.2) is 5.82 Å². The summed E-state index contributed by atoms with van der Waals surface area (Å²) >= 11 is 0. The molecule has 1 heterocycles. The van der Waals surface area contributed by atoms with Gasteiger partial charge in [-0.3, -0.25) is 4.84 Å². The molecule has 170 valence electrons. The highest BCUT2D eigenvalue weighted by Gasteiger charge is 2.19. The predicted octanol–water partition coefficient (Wildman–Crippen LogP) is 4.25. The number of hydrogen-bond donors (Lipinski definition) is 1. The summed E-state index contributed by atoms with van der Waals surface area (Å²) in [6, 6.07) is 18.5. The molecule has 0 radical (unpaired) electrons. The van der Waals surface area contributed by atoms with Crippen LogP contribution in [-0.4, -0.2) is 34.9 Å². The molecular weight excluding hydrogens is 420 g/mol. The highest BCUT2D eigenvalue weighted by Crippen LogP contribution is 2.26. The van der Waals surface area contributed by atoms with Gasteiger partial charge in [0.1, 0.15) is 5.82 Å². The van der Waals surface area contributed by atoms with E-state index in [2.05, 4.69) is 10.5 Å². The molecule has 0 amide bonds. The first kappa shape index (κ1) is 23.6. The van der Waals surface area contributed by atoms with Gasteiger partial charge >= 0.3 is 11.7 Å². The van der Waals surface area contributed by atoms with Crippen molar-refractivity contribution >= 4 is 29.4 Å². The number of nitrogens with one attached hydrogen (secondary N) is 1. The smallest absolute Gasteiger partial charge is 0.355 e. The highest BCUT2D eigenvalue weighted by atomic mass is 16.6. The Balaban J connectivity index is 2.24. The standard InChI is InChI=1S/C25H26N4O4/c1-5-33-24(30)21(16-19-12-8-6-9-13-19)18(3)26-23-17(2)22(28-32-4)27-25(31)29(23)20-14-10-7-11-15-20/h6-16H,5H2,1-4H3,(H,27,28,31)/b21-16-,26-18-. The third-order valence-electron chi connectivity index (χ3n) is 4.78. The van der Waals surface area contributed by atoms with Crippen molar-refractivity contribution in [1.29, 1.82) is 0 Å². The molecule has 1 N–H and O–H groups in total. The predicted molar refractivity (Wildman–Crippen MR) is 129 cm³/mol. The zero-order valence-corrected chi connectivity index (χ0v) is 19.0. The Hall–Kier alpha value is -4.04. The van der Waals surface area contributed by atoms with Gasteiger partial charge < -0.3 is 4.74 Å². The summed E-state index contributed by atoms with van der Waals surface area (Å²) in [4.78, 5) is 39.5. The summed E-state index contributed by atoms with van der Waals surface area (Å²) in [7, 11) is 1.43. The van der Waals surface area contributed by atoms with Gasteiger partial charge in [0.05, 0.1) is 30.7 Å². The SMILES string of the molecule is CCOC(=O)C(=C\c1ccccc1)/C(C)=N\c1c(C)c(NOC)nc(=O)n1-c1ccccc1. The number of aromatic nitrogens is 2. The topological polar surface area (TPSA) is 94.8 Å². The average Bonchev–Trinajstić information content (AvgIpc) is 2.82. The number of benzene rings is 2. The van der Waals surface area contributed by atoms with Crippen LogP contribution in [0.25, 0.3) is 11.8 Å². The monoisotopic (exact) mass is 446 g/mol. The number of anilines is 1. The Morgan fingerprint density at radius 3 is 2.36 bits per heavy atom. The van der Waals surface area contributed by atoms with Gasteiger partial charge in [-0.25, -0.2) is 24.6 Å². The summed E-state index contributed by atoms with van der Waals surface area (Å²) in [5.74, 6) is 0.0608. The Kier molecular flexibility index (Phi) is 7.88. The normalized spacial score (nSPS) is 11.9. The van der Waals surface area contributed by atoms with Crippen LogP contribution in [0.3, 0.4) is 0 Å². The maximum atomic E-state index is 12.9. The van der Waals surface area contributed by atoms with Crippen LogP contribution < -0.4 is 11.2 Å². The third kappa shape index (κ3) is 5.61. The van der Waals surface area contributed by atoms with E-state index in [1.54, 1.807) is 39.0 Å². The number of para-hydroxylation sites is 1. The zero-order chi connectivity index (χ0) is 23.8. The summed E-state index contributed by atoms with van der Waals surface area (Å²) < 4.78 is 6.66. The van der Waals surface area contributed by atoms with E-state index >= 15 is 0 Å². The van der Waals surface area contributed by atoms with E-state index in [-0.39, 0.29) is 18.0 Å². The minimum absolute atomic E-state index is 0.225. The minimum Gasteiger partial charge on any atom is -0.462 e. The van der Waals surface area contributed by atoms with Gasteiger partial charge in [0.2, 0.25) is 0 Å². The largest absolute Gasteiger partial charge is 0.462 e. The molecule has 8 nitrogen and oxygen atoms in total. The van der Waals surface area contributed by atoms with E-state index < -0.39 is 11.7 Å². The fourth-order valence-electron chi connectivity index (χ4n) is 3.19. The van der Waals surface area contributed by atoms with E-state index in [0.29, 0.717) is 22.8 Å². The number of aliphatic imine (C=N–C) groups is 1. The van der Waals surface area contributed by atoms with Gasteiger partial charge in [0, 0.05) is 5.56 Å². The van der Waals surface area contributed by atoms with Crippen LogP contribution in [0.5, 0.6) is 0 Å². The molecule has 0 unspecified atom stereocenters. The Morgan fingerprint density at radius 2 is 1.76 bits per heavy atom. The van der Waals surface area contributed by atoms with Gasteiger partial charge in [-0.1, -0.05) is 48.5 Å². The first-order valence-corrected chi connectivity index (χ1v) is 10.4. The lowest BCUT2D eigenvalue weighted by Gasteiger charge is -2.16. The van der Waals surface area contributed by atoms with Crippen LogP contribution in [-0.2, 0) is 14.4 Å². The number of nitrogens with zero attached hydrogens (tertiary/aromatic N) is 3. The van der Waals surface area contributed by atoms with Gasteiger partial charge in [-0.2, -0.15) is 4.98 Å². The molecule has 0 aliphatic rings. The van der Waals surface area contributed by atoms with Crippen molar-refractivity contribution in [2.24, 2.45) is 4.99 Å². The molecule has 2 aromatic carbocycles. The summed E-state index contributed by atoms with van der Waals surface area (Å²) in [5.41, 5.74) is 4.75. The van der Waals surface area contributed by atoms with Gasteiger partial charge in [-0.05, 0) is 44.5 Å². The van der Waals surface area contributed by atoms with Crippen molar-refractivity contribution in [3.63, 3.8) is 0 Å². The molecule has 33 heavy (non-hydrogen) atoms. The number of rotatable bonds is 8. The lowest BCUT2D eigenvalue weighted by Crippen LogP contribution is -2.24. The fourth-order valence-corrected chi connectivity index (χ4v) is 3.19. The minimum atomic E-state index is -0.539. The van der Waals surface area contributed by atoms with E-state index in [1.165, 1.54) is 11.7 Å². The van der Waals surface area contributed by atoms with E-state index in [0.717, 1.165) is 5.56 Å². The Bertz CT molecular complexity index is 1230. The molecule has 0 aliphatic heterocycles. The third-order valence-corrected chi connectivity index (χ3v) is 4.78. The lowest BCUT2D eigenvalue weighted by molar-refractivity contribution is -0.137. The van der Waals surface area contributed by atoms with Crippen molar-refractivity contribution in [3.8, 4) is 5.69 Å². The molecule has 8 heteroatoms. The van der Waals surface area contributed by atoms with Crippen LogP contribution in [0.2, 0.25) is 0 Å². The molecule has 0 fully saturated rings. The second-order valence-corrected chi connectivity index (χ2v) is 7.06. The quantitative estimate of drug-likeness (QED) is 0.241. The zero-order valence-electron chi connectivity index (χ0n) is 19.0. The highest BCUT2D eigenvalue weighted by molar-refractivity contribution is 6.22. The van der Waals surface area contributed by atoms with Crippen LogP contribution >= 0.6 is 0 Å². The molecule has 0 saturated heterocycles. The number of hydrogen-bond acceptors (Lipinski definition) is 7. The molecule has 0 aliphatic carbocycles. The van der Waals surface area contributed by atoms with Crippen molar-refractivity contribution in [2.45, 2.75) is 20.8 Å². The van der Waals surface area contributed by atoms with E-state index in [1.807, 2.05) is 48.5 Å². The lowest BCUT2D eigenvalue weighted by atomic mass is 10.1. The first-order chi connectivity index (χ1) is 16.0. The van der Waals surface area contributed by atoms with Crippen LogP contribution in [0, 0.1) is 6.92 Å². The number of ether oxygens (including phenoxy) is 1. The van der Waals surface area contributed by atoms with Crippen LogP contribution in [0.1, 0.15) is 25.0 Å². The Morgan fingerprint density at radius 1 is 1.12 bits per heavy atom. The van der Waals surface area contributed by atoms with Crippen molar-refractivity contribution in [3.05, 3.63) is 87.8 Å². The van der Waals surface area contributed by atoms with E-state index in [9.17, 15) is 9.59 Å². The molecule has 3 rings (SSSR count).